The lowest BCUT2D eigenvalue weighted by atomic mass is 9.72. The molecule has 11 rings (SSSR count). The fraction of sp³-hybridized carbons (Fsp3) is 0.0208. The summed E-state index contributed by atoms with van der Waals surface area (Å²) in [6.45, 7) is 0. The Morgan fingerprint density at radius 2 is 0.717 bits per heavy atom. The Balaban J connectivity index is 1.12. The molecule has 246 valence electrons. The first kappa shape index (κ1) is 29.6. The van der Waals surface area contributed by atoms with Crippen molar-refractivity contribution < 1.29 is 0 Å². The van der Waals surface area contributed by atoms with Crippen LogP contribution in [-0.2, 0) is 5.41 Å². The van der Waals surface area contributed by atoms with Gasteiger partial charge in [-0.25, -0.2) is 24.9 Å². The predicted octanol–water partition coefficient (Wildman–Crippen LogP) is 10.8. The zero-order chi connectivity index (χ0) is 34.9. The molecule has 0 aliphatic heterocycles. The molecule has 0 unspecified atom stereocenters. The molecular weight excluding hydrogens is 647 g/mol. The highest BCUT2D eigenvalue weighted by molar-refractivity contribution is 6.04. The summed E-state index contributed by atoms with van der Waals surface area (Å²) in [6.07, 6.45) is 2.03. The number of hydrogen-bond donors (Lipinski definition) is 0. The summed E-state index contributed by atoms with van der Waals surface area (Å²) in [7, 11) is 0. The van der Waals surface area contributed by atoms with Crippen molar-refractivity contribution in [1.29, 1.82) is 0 Å². The van der Waals surface area contributed by atoms with Gasteiger partial charge in [0, 0.05) is 34.0 Å². The SMILES string of the molecule is c1ccc(-c2nc(-c3ccccc3)nc(-c3ccc(-c4ncc5c(n4)C4(c6ccccc6-c6ccccc64)c4ccccc4-5)c4ccccc34)n2)cc1. The van der Waals surface area contributed by atoms with Crippen molar-refractivity contribution in [3.05, 3.63) is 198 Å². The second-order valence-corrected chi connectivity index (χ2v) is 13.6. The molecule has 0 amide bonds. The molecule has 5 nitrogen and oxygen atoms in total. The normalized spacial score (nSPS) is 13.1. The van der Waals surface area contributed by atoms with Crippen LogP contribution in [0.15, 0.2) is 176 Å². The standard InChI is InChI=1S/C48H29N5/c1-3-15-30(16-4-1)44-51-45(31-17-5-2-6-18-31)53-47(52-44)38-28-27-37(32-19-7-8-20-33(32)38)46-49-29-39-36-23-11-14-26-42(36)48(43(39)50-46)40-24-12-9-21-34(40)35-22-10-13-25-41(35)48/h1-29H. The topological polar surface area (TPSA) is 64.5 Å². The van der Waals surface area contributed by atoms with Crippen LogP contribution in [0.25, 0.3) is 78.6 Å². The molecule has 0 saturated carbocycles. The van der Waals surface area contributed by atoms with Gasteiger partial charge in [-0.2, -0.15) is 0 Å². The average Bonchev–Trinajstić information content (AvgIpc) is 3.71. The van der Waals surface area contributed by atoms with Gasteiger partial charge < -0.3 is 0 Å². The largest absolute Gasteiger partial charge is 0.236 e. The highest BCUT2D eigenvalue weighted by Gasteiger charge is 2.53. The molecule has 5 heteroatoms. The van der Waals surface area contributed by atoms with Crippen molar-refractivity contribution in [2.24, 2.45) is 0 Å². The van der Waals surface area contributed by atoms with Crippen LogP contribution < -0.4 is 0 Å². The summed E-state index contributed by atoms with van der Waals surface area (Å²) in [5.74, 6) is 2.56. The van der Waals surface area contributed by atoms with Gasteiger partial charge in [0.2, 0.25) is 0 Å². The maximum absolute atomic E-state index is 5.58. The van der Waals surface area contributed by atoms with Crippen molar-refractivity contribution in [3.63, 3.8) is 0 Å². The van der Waals surface area contributed by atoms with E-state index in [1.165, 1.54) is 33.4 Å². The van der Waals surface area contributed by atoms with Gasteiger partial charge in [0.25, 0.3) is 0 Å². The maximum atomic E-state index is 5.58. The van der Waals surface area contributed by atoms with Crippen LogP contribution in [0.5, 0.6) is 0 Å². The van der Waals surface area contributed by atoms with E-state index >= 15 is 0 Å². The zero-order valence-corrected chi connectivity index (χ0v) is 28.5. The Morgan fingerprint density at radius 3 is 1.25 bits per heavy atom. The lowest BCUT2D eigenvalue weighted by Gasteiger charge is -2.29. The summed E-state index contributed by atoms with van der Waals surface area (Å²) in [5.41, 5.74) is 12.8. The molecular formula is C48H29N5. The van der Waals surface area contributed by atoms with E-state index < -0.39 is 5.41 Å². The van der Waals surface area contributed by atoms with E-state index in [0.717, 1.165) is 44.3 Å². The van der Waals surface area contributed by atoms with Crippen LogP contribution in [0.3, 0.4) is 0 Å². The summed E-state index contributed by atoms with van der Waals surface area (Å²) in [4.78, 5) is 25.7. The van der Waals surface area contributed by atoms with Crippen molar-refractivity contribution >= 4 is 10.8 Å². The monoisotopic (exact) mass is 675 g/mol. The fourth-order valence-corrected chi connectivity index (χ4v) is 8.57. The second kappa shape index (κ2) is 11.5. The minimum Gasteiger partial charge on any atom is -0.236 e. The van der Waals surface area contributed by atoms with E-state index in [1.54, 1.807) is 0 Å². The van der Waals surface area contributed by atoms with Crippen LogP contribution >= 0.6 is 0 Å². The van der Waals surface area contributed by atoms with E-state index in [4.69, 9.17) is 24.9 Å². The number of nitrogens with zero attached hydrogens (tertiary/aromatic N) is 5. The molecule has 9 aromatic rings. The molecule has 2 aliphatic rings. The molecule has 2 aliphatic carbocycles. The number of rotatable bonds is 4. The van der Waals surface area contributed by atoms with Gasteiger partial charge in [0.1, 0.15) is 0 Å². The molecule has 53 heavy (non-hydrogen) atoms. The van der Waals surface area contributed by atoms with Gasteiger partial charge >= 0.3 is 0 Å². The van der Waals surface area contributed by atoms with Gasteiger partial charge in [-0.1, -0.05) is 158 Å². The summed E-state index contributed by atoms with van der Waals surface area (Å²) in [6, 6.07) is 59.1. The molecule has 2 heterocycles. The third-order valence-electron chi connectivity index (χ3n) is 10.8. The lowest BCUT2D eigenvalue weighted by Crippen LogP contribution is -2.27. The van der Waals surface area contributed by atoms with E-state index in [2.05, 4.69) is 109 Å². The number of benzene rings is 7. The van der Waals surface area contributed by atoms with Crippen LogP contribution in [0.4, 0.5) is 0 Å². The van der Waals surface area contributed by atoms with Crippen LogP contribution in [0, 0.1) is 0 Å². The fourth-order valence-electron chi connectivity index (χ4n) is 8.57. The third-order valence-corrected chi connectivity index (χ3v) is 10.8. The molecule has 7 aromatic carbocycles. The van der Waals surface area contributed by atoms with E-state index in [-0.39, 0.29) is 0 Å². The van der Waals surface area contributed by atoms with Crippen LogP contribution in [-0.4, -0.2) is 24.9 Å². The smallest absolute Gasteiger partial charge is 0.164 e. The molecule has 0 radical (unpaired) electrons. The minimum atomic E-state index is -0.543. The first-order chi connectivity index (χ1) is 26.3. The molecule has 0 fully saturated rings. The highest BCUT2D eigenvalue weighted by atomic mass is 15.0. The Labute approximate surface area is 306 Å². The first-order valence-electron chi connectivity index (χ1n) is 17.9. The van der Waals surface area contributed by atoms with Crippen LogP contribution in [0.1, 0.15) is 22.4 Å². The summed E-state index contributed by atoms with van der Waals surface area (Å²) >= 11 is 0. The van der Waals surface area contributed by atoms with Crippen LogP contribution in [0.2, 0.25) is 0 Å². The maximum Gasteiger partial charge on any atom is 0.164 e. The Hall–Kier alpha value is -7.11. The summed E-state index contributed by atoms with van der Waals surface area (Å²) in [5, 5.41) is 2.05. The third kappa shape index (κ3) is 4.28. The molecule has 0 saturated heterocycles. The van der Waals surface area contributed by atoms with E-state index in [1.807, 2.05) is 66.9 Å². The molecule has 0 atom stereocenters. The highest BCUT2D eigenvalue weighted by Crippen LogP contribution is 2.62. The van der Waals surface area contributed by atoms with Gasteiger partial charge in [-0.15, -0.1) is 0 Å². The van der Waals surface area contributed by atoms with Crippen molar-refractivity contribution in [2.75, 3.05) is 0 Å². The Bertz CT molecular complexity index is 2780. The Kier molecular flexibility index (Phi) is 6.40. The molecule has 0 N–H and O–H groups in total. The van der Waals surface area contributed by atoms with E-state index in [0.29, 0.717) is 23.3 Å². The van der Waals surface area contributed by atoms with Gasteiger partial charge in [-0.3, -0.25) is 0 Å². The zero-order valence-electron chi connectivity index (χ0n) is 28.5. The number of aromatic nitrogens is 5. The number of hydrogen-bond acceptors (Lipinski definition) is 5. The second-order valence-electron chi connectivity index (χ2n) is 13.6. The molecule has 1 spiro atoms. The summed E-state index contributed by atoms with van der Waals surface area (Å²) < 4.78 is 0. The lowest BCUT2D eigenvalue weighted by molar-refractivity contribution is 0.758. The Morgan fingerprint density at radius 1 is 0.302 bits per heavy atom. The van der Waals surface area contributed by atoms with Gasteiger partial charge in [0.15, 0.2) is 23.3 Å². The van der Waals surface area contributed by atoms with Crippen molar-refractivity contribution in [3.8, 4) is 67.8 Å². The number of fused-ring (bicyclic) bond motifs is 11. The minimum absolute atomic E-state index is 0.543. The van der Waals surface area contributed by atoms with Gasteiger partial charge in [0.05, 0.1) is 11.1 Å². The average molecular weight is 676 g/mol. The molecule has 0 bridgehead atoms. The van der Waals surface area contributed by atoms with E-state index in [9.17, 15) is 0 Å². The van der Waals surface area contributed by atoms with Crippen molar-refractivity contribution in [1.82, 2.24) is 24.9 Å². The van der Waals surface area contributed by atoms with Gasteiger partial charge in [-0.05, 0) is 56.3 Å². The quantitative estimate of drug-likeness (QED) is 0.186. The predicted molar refractivity (Wildman–Crippen MR) is 211 cm³/mol. The first-order valence-corrected chi connectivity index (χ1v) is 17.9. The van der Waals surface area contributed by atoms with Crippen molar-refractivity contribution in [2.45, 2.75) is 5.41 Å². The molecule has 2 aromatic heterocycles.